The van der Waals surface area contributed by atoms with Gasteiger partial charge < -0.3 is 5.32 Å². The third-order valence-corrected chi connectivity index (χ3v) is 3.02. The van der Waals surface area contributed by atoms with Crippen LogP contribution >= 0.6 is 0 Å². The van der Waals surface area contributed by atoms with Gasteiger partial charge in [-0.2, -0.15) is 0 Å². The molecule has 2 aromatic rings. The minimum atomic E-state index is -0.258. The molecule has 0 aliphatic heterocycles. The number of halogens is 1. The van der Waals surface area contributed by atoms with Gasteiger partial charge in [-0.1, -0.05) is 25.5 Å². The molecule has 0 aliphatic rings. The molecule has 0 aliphatic carbocycles. The third-order valence-electron chi connectivity index (χ3n) is 3.02. The van der Waals surface area contributed by atoms with Crippen molar-refractivity contribution >= 4 is 5.82 Å². The van der Waals surface area contributed by atoms with Crippen LogP contribution in [0.1, 0.15) is 38.1 Å². The Morgan fingerprint density at radius 1 is 1.20 bits per heavy atom. The normalized spacial score (nSPS) is 10.9. The summed E-state index contributed by atoms with van der Waals surface area (Å²) in [5.74, 6) is 1.40. The van der Waals surface area contributed by atoms with Crippen molar-refractivity contribution in [2.45, 2.75) is 33.6 Å². The number of nitrogens with zero attached hydrogens (tertiary/aromatic N) is 2. The van der Waals surface area contributed by atoms with Crippen molar-refractivity contribution < 1.29 is 4.39 Å². The van der Waals surface area contributed by atoms with Gasteiger partial charge >= 0.3 is 0 Å². The SMILES string of the molecule is CCNc1cc(-c2cc(C)ccc2F)nc(C(C)C)n1. The van der Waals surface area contributed by atoms with Gasteiger partial charge in [-0.05, 0) is 26.0 Å². The maximum absolute atomic E-state index is 14.0. The number of benzene rings is 1. The minimum absolute atomic E-state index is 0.195. The molecular weight excluding hydrogens is 253 g/mol. The molecule has 0 amide bonds. The maximum Gasteiger partial charge on any atom is 0.133 e. The number of hydrogen-bond acceptors (Lipinski definition) is 3. The summed E-state index contributed by atoms with van der Waals surface area (Å²) in [6.45, 7) is 8.77. The summed E-state index contributed by atoms with van der Waals surface area (Å²) < 4.78 is 14.0. The first-order valence-corrected chi connectivity index (χ1v) is 6.90. The maximum atomic E-state index is 14.0. The van der Waals surface area contributed by atoms with Crippen LogP contribution in [0.5, 0.6) is 0 Å². The van der Waals surface area contributed by atoms with Crippen molar-refractivity contribution in [1.29, 1.82) is 0 Å². The van der Waals surface area contributed by atoms with Crippen LogP contribution in [0.25, 0.3) is 11.3 Å². The summed E-state index contributed by atoms with van der Waals surface area (Å²) in [6, 6.07) is 6.86. The molecule has 0 atom stereocenters. The van der Waals surface area contributed by atoms with Gasteiger partial charge in [0.25, 0.3) is 0 Å². The van der Waals surface area contributed by atoms with Crippen LogP contribution in [0.4, 0.5) is 10.2 Å². The molecule has 0 spiro atoms. The van der Waals surface area contributed by atoms with E-state index in [0.29, 0.717) is 11.3 Å². The Bertz CT molecular complexity index is 609. The van der Waals surface area contributed by atoms with Crippen LogP contribution in [0.3, 0.4) is 0 Å². The molecule has 1 aromatic carbocycles. The van der Waals surface area contributed by atoms with Gasteiger partial charge in [0.15, 0.2) is 0 Å². The molecule has 1 heterocycles. The van der Waals surface area contributed by atoms with Gasteiger partial charge in [0.05, 0.1) is 5.69 Å². The number of hydrogen-bond donors (Lipinski definition) is 1. The summed E-state index contributed by atoms with van der Waals surface area (Å²) in [5, 5.41) is 3.17. The average molecular weight is 273 g/mol. The average Bonchev–Trinajstić information content (AvgIpc) is 2.41. The molecule has 2 rings (SSSR count). The highest BCUT2D eigenvalue weighted by Gasteiger charge is 2.12. The second-order valence-electron chi connectivity index (χ2n) is 5.16. The molecule has 0 bridgehead atoms. The number of nitrogens with one attached hydrogen (secondary N) is 1. The lowest BCUT2D eigenvalue weighted by molar-refractivity contribution is 0.630. The molecule has 0 unspecified atom stereocenters. The molecule has 0 radical (unpaired) electrons. The van der Waals surface area contributed by atoms with Gasteiger partial charge in [-0.15, -0.1) is 0 Å². The second-order valence-corrected chi connectivity index (χ2v) is 5.16. The van der Waals surface area contributed by atoms with Crippen molar-refractivity contribution in [3.8, 4) is 11.3 Å². The number of aryl methyl sites for hydroxylation is 1. The first kappa shape index (κ1) is 14.4. The van der Waals surface area contributed by atoms with Crippen molar-refractivity contribution in [2.75, 3.05) is 11.9 Å². The Kier molecular flexibility index (Phi) is 4.32. The Morgan fingerprint density at radius 3 is 2.60 bits per heavy atom. The third kappa shape index (κ3) is 3.13. The van der Waals surface area contributed by atoms with Gasteiger partial charge in [-0.25, -0.2) is 14.4 Å². The van der Waals surface area contributed by atoms with Crippen LogP contribution in [-0.4, -0.2) is 16.5 Å². The van der Waals surface area contributed by atoms with Gasteiger partial charge in [-0.3, -0.25) is 0 Å². The van der Waals surface area contributed by atoms with Crippen LogP contribution in [-0.2, 0) is 0 Å². The summed E-state index contributed by atoms with van der Waals surface area (Å²) in [4.78, 5) is 8.95. The van der Waals surface area contributed by atoms with Gasteiger partial charge in [0, 0.05) is 24.1 Å². The van der Waals surface area contributed by atoms with Crippen molar-refractivity contribution in [3.63, 3.8) is 0 Å². The van der Waals surface area contributed by atoms with E-state index in [9.17, 15) is 4.39 Å². The lowest BCUT2D eigenvalue weighted by Crippen LogP contribution is -2.06. The molecule has 0 fully saturated rings. The summed E-state index contributed by atoms with van der Waals surface area (Å²) in [5.41, 5.74) is 2.16. The Hall–Kier alpha value is -1.97. The smallest absolute Gasteiger partial charge is 0.133 e. The van der Waals surface area contributed by atoms with Crippen molar-refractivity contribution in [3.05, 3.63) is 41.5 Å². The Balaban J connectivity index is 2.57. The van der Waals surface area contributed by atoms with E-state index >= 15 is 0 Å². The zero-order chi connectivity index (χ0) is 14.7. The van der Waals surface area contributed by atoms with Crippen LogP contribution in [0.15, 0.2) is 24.3 Å². The van der Waals surface area contributed by atoms with E-state index in [1.165, 1.54) is 6.07 Å². The molecule has 1 N–H and O–H groups in total. The first-order valence-electron chi connectivity index (χ1n) is 6.90. The standard InChI is InChI=1S/C16H20FN3/c1-5-18-15-9-14(19-16(20-15)10(2)3)12-8-11(4)6-7-13(12)17/h6-10H,5H2,1-4H3,(H,18,19,20). The lowest BCUT2D eigenvalue weighted by atomic mass is 10.1. The highest BCUT2D eigenvalue weighted by Crippen LogP contribution is 2.25. The van der Waals surface area contributed by atoms with E-state index < -0.39 is 0 Å². The number of anilines is 1. The predicted molar refractivity (Wildman–Crippen MR) is 80.4 cm³/mol. The first-order chi connectivity index (χ1) is 9.51. The molecule has 0 saturated carbocycles. The summed E-state index contributed by atoms with van der Waals surface area (Å²) in [7, 11) is 0. The van der Waals surface area contributed by atoms with E-state index in [0.717, 1.165) is 23.8 Å². The van der Waals surface area contributed by atoms with Crippen LogP contribution in [0, 0.1) is 12.7 Å². The molecular formula is C16H20FN3. The fourth-order valence-corrected chi connectivity index (χ4v) is 1.97. The Morgan fingerprint density at radius 2 is 1.95 bits per heavy atom. The zero-order valence-corrected chi connectivity index (χ0v) is 12.4. The van der Waals surface area contributed by atoms with Gasteiger partial charge in [0.2, 0.25) is 0 Å². The second kappa shape index (κ2) is 5.99. The van der Waals surface area contributed by atoms with E-state index in [1.807, 2.05) is 33.8 Å². The summed E-state index contributed by atoms with van der Waals surface area (Å²) in [6.07, 6.45) is 0. The molecule has 0 saturated heterocycles. The van der Waals surface area contributed by atoms with Crippen molar-refractivity contribution in [2.24, 2.45) is 0 Å². The fraction of sp³-hybridized carbons (Fsp3) is 0.375. The predicted octanol–water partition coefficient (Wildman–Crippen LogP) is 4.15. The fourth-order valence-electron chi connectivity index (χ4n) is 1.97. The molecule has 106 valence electrons. The van der Waals surface area contributed by atoms with E-state index in [2.05, 4.69) is 15.3 Å². The zero-order valence-electron chi connectivity index (χ0n) is 12.4. The van der Waals surface area contributed by atoms with Gasteiger partial charge in [0.1, 0.15) is 17.5 Å². The monoisotopic (exact) mass is 273 g/mol. The van der Waals surface area contributed by atoms with Crippen molar-refractivity contribution in [1.82, 2.24) is 9.97 Å². The van der Waals surface area contributed by atoms with Crippen LogP contribution < -0.4 is 5.32 Å². The van der Waals surface area contributed by atoms with E-state index in [4.69, 9.17) is 0 Å². The number of rotatable bonds is 4. The highest BCUT2D eigenvalue weighted by atomic mass is 19.1. The van der Waals surface area contributed by atoms with Crippen LogP contribution in [0.2, 0.25) is 0 Å². The highest BCUT2D eigenvalue weighted by molar-refractivity contribution is 5.64. The molecule has 3 nitrogen and oxygen atoms in total. The molecule has 1 aromatic heterocycles. The Labute approximate surface area is 119 Å². The topological polar surface area (TPSA) is 37.8 Å². The van der Waals surface area contributed by atoms with E-state index in [1.54, 1.807) is 12.1 Å². The quantitative estimate of drug-likeness (QED) is 0.909. The summed E-state index contributed by atoms with van der Waals surface area (Å²) >= 11 is 0. The molecule has 4 heteroatoms. The minimum Gasteiger partial charge on any atom is -0.370 e. The largest absolute Gasteiger partial charge is 0.370 e. The van der Waals surface area contributed by atoms with E-state index in [-0.39, 0.29) is 11.7 Å². The number of aromatic nitrogens is 2. The lowest BCUT2D eigenvalue weighted by Gasteiger charge is -2.12. The molecule has 20 heavy (non-hydrogen) atoms.